The molecule has 1 amide bonds. The molecule has 0 spiro atoms. The number of ether oxygens (including phenoxy) is 1. The van der Waals surface area contributed by atoms with Crippen LogP contribution in [-0.2, 0) is 35.9 Å². The minimum absolute atomic E-state index is 0.0793. The SMILES string of the molecule is CCN1c2ccc(S(=O)(=O)O)cc2C(C)(C)C1/C=C/C=C/C=C1/N(CCCCCC(=O)NCC2=C3Oc4cc(O)ccc4C(c4ccc(C(=O)O)cc4C(=O)O)=C3C=CC2)c2ccc(S(=O)(=O)O)cc2C1(C)C. The van der Waals surface area contributed by atoms with Gasteiger partial charge in [-0.05, 0) is 115 Å². The van der Waals surface area contributed by atoms with Gasteiger partial charge < -0.3 is 35.2 Å². The molecule has 73 heavy (non-hydrogen) atoms. The van der Waals surface area contributed by atoms with Crippen molar-refractivity contribution in [3.63, 3.8) is 0 Å². The molecule has 382 valence electrons. The number of anilines is 2. The van der Waals surface area contributed by atoms with Crippen molar-refractivity contribution >= 4 is 55.0 Å². The highest BCUT2D eigenvalue weighted by atomic mass is 32.2. The first kappa shape index (κ1) is 52.1. The molecular formula is C55H57N3O13S2. The highest BCUT2D eigenvalue weighted by molar-refractivity contribution is 7.86. The third kappa shape index (κ3) is 10.2. The van der Waals surface area contributed by atoms with Gasteiger partial charge in [-0.15, -0.1) is 0 Å². The summed E-state index contributed by atoms with van der Waals surface area (Å²) in [7, 11) is -8.86. The van der Waals surface area contributed by atoms with Crippen LogP contribution in [0, 0.1) is 0 Å². The zero-order valence-electron chi connectivity index (χ0n) is 40.9. The summed E-state index contributed by atoms with van der Waals surface area (Å²) >= 11 is 0. The Morgan fingerprint density at radius 1 is 0.795 bits per heavy atom. The van der Waals surface area contributed by atoms with E-state index in [0.717, 1.165) is 34.3 Å². The number of carboxylic acids is 2. The predicted octanol–water partition coefficient (Wildman–Crippen LogP) is 9.35. The molecule has 0 aromatic heterocycles. The fraction of sp³-hybridized carbons (Fsp3) is 0.291. The number of phenolic OH excluding ortho intramolecular Hbond substituents is 1. The number of hydrogen-bond acceptors (Lipinski definition) is 11. The van der Waals surface area contributed by atoms with E-state index < -0.39 is 43.0 Å². The maximum Gasteiger partial charge on any atom is 0.336 e. The molecule has 16 nitrogen and oxygen atoms in total. The monoisotopic (exact) mass is 1030 g/mol. The Balaban J connectivity index is 0.953. The molecule has 18 heteroatoms. The van der Waals surface area contributed by atoms with Crippen LogP contribution in [0.2, 0.25) is 0 Å². The van der Waals surface area contributed by atoms with Gasteiger partial charge in [0.05, 0.1) is 27.0 Å². The highest BCUT2D eigenvalue weighted by Gasteiger charge is 2.44. The van der Waals surface area contributed by atoms with E-state index in [1.54, 1.807) is 24.3 Å². The number of fused-ring (bicyclic) bond motifs is 4. The number of allylic oxidation sites excluding steroid dienone is 7. The van der Waals surface area contributed by atoms with Crippen molar-refractivity contribution in [1.29, 1.82) is 0 Å². The predicted molar refractivity (Wildman–Crippen MR) is 276 cm³/mol. The van der Waals surface area contributed by atoms with E-state index in [2.05, 4.69) is 21.2 Å². The summed E-state index contributed by atoms with van der Waals surface area (Å²) in [6.07, 6.45) is 16.0. The van der Waals surface area contributed by atoms with E-state index in [4.69, 9.17) is 4.74 Å². The number of hydrogen-bond donors (Lipinski definition) is 6. The lowest BCUT2D eigenvalue weighted by Crippen LogP contribution is -2.39. The number of nitrogens with one attached hydrogen (secondary N) is 1. The number of aromatic carboxylic acids is 2. The third-order valence-electron chi connectivity index (χ3n) is 14.1. The van der Waals surface area contributed by atoms with Crippen molar-refractivity contribution in [3.05, 3.63) is 171 Å². The summed E-state index contributed by atoms with van der Waals surface area (Å²) in [5, 5.41) is 33.1. The van der Waals surface area contributed by atoms with Gasteiger partial charge in [-0.3, -0.25) is 13.9 Å². The number of rotatable bonds is 17. The number of aromatic hydroxyl groups is 1. The van der Waals surface area contributed by atoms with Gasteiger partial charge >= 0.3 is 11.9 Å². The summed E-state index contributed by atoms with van der Waals surface area (Å²) in [6, 6.07) is 17.5. The Morgan fingerprint density at radius 3 is 2.15 bits per heavy atom. The van der Waals surface area contributed by atoms with Crippen molar-refractivity contribution < 1.29 is 60.4 Å². The van der Waals surface area contributed by atoms with Crippen LogP contribution in [0.3, 0.4) is 0 Å². The highest BCUT2D eigenvalue weighted by Crippen LogP contribution is 2.50. The van der Waals surface area contributed by atoms with Gasteiger partial charge in [0.15, 0.2) is 0 Å². The number of amides is 1. The Hall–Kier alpha value is -7.25. The summed E-state index contributed by atoms with van der Waals surface area (Å²) in [5.41, 5.74) is 5.03. The molecule has 1 atom stereocenters. The molecule has 4 aromatic carbocycles. The molecule has 0 radical (unpaired) electrons. The molecule has 3 aliphatic heterocycles. The van der Waals surface area contributed by atoms with Crippen LogP contribution in [0.4, 0.5) is 11.4 Å². The molecule has 4 aromatic rings. The zero-order valence-corrected chi connectivity index (χ0v) is 42.5. The second-order valence-electron chi connectivity index (χ2n) is 19.4. The smallest absolute Gasteiger partial charge is 0.336 e. The van der Waals surface area contributed by atoms with Gasteiger partial charge in [0.25, 0.3) is 20.2 Å². The number of carboxylic acid groups (broad SMARTS) is 2. The maximum atomic E-state index is 13.4. The minimum Gasteiger partial charge on any atom is -0.508 e. The Labute approximate surface area is 424 Å². The summed E-state index contributed by atoms with van der Waals surface area (Å²) < 4.78 is 74.4. The molecule has 1 unspecified atom stereocenters. The van der Waals surface area contributed by atoms with Crippen LogP contribution >= 0.6 is 0 Å². The topological polar surface area (TPSA) is 248 Å². The van der Waals surface area contributed by atoms with Crippen molar-refractivity contribution in [1.82, 2.24) is 5.32 Å². The van der Waals surface area contributed by atoms with Crippen molar-refractivity contribution in [2.75, 3.05) is 29.4 Å². The molecule has 6 N–H and O–H groups in total. The summed E-state index contributed by atoms with van der Waals surface area (Å²) in [6.45, 7) is 11.4. The molecule has 8 rings (SSSR count). The Bertz CT molecular complexity index is 3380. The second kappa shape index (κ2) is 20.0. The summed E-state index contributed by atoms with van der Waals surface area (Å²) in [4.78, 5) is 41.6. The standard InChI is InChI=1S/C55H57N3O13S2/c1-6-57-44-25-21-36(72(65,66)67)30-42(44)54(2,3)47(57)16-9-7-10-17-48-55(4,5)43-31-37(73(68,69)70)22-26-45(43)58(48)27-12-8-11-18-49(60)56-32-34-14-13-15-40-50(39-24-20-35(59)29-46(39)71-51(34)40)38-23-19-33(52(61)62)28-41(38)53(63)64/h7,9-10,13,15-17,19-26,28-31,47,59H,6,8,11-12,14,18,27,32H2,1-5H3,(H,56,60)(H,61,62)(H,63,64)(H,65,66,67)(H,68,69,70)/b10-7+,16-9+,48-17+. The molecule has 0 saturated heterocycles. The van der Waals surface area contributed by atoms with Crippen LogP contribution in [0.1, 0.15) is 110 Å². The van der Waals surface area contributed by atoms with Crippen LogP contribution in [0.15, 0.2) is 148 Å². The van der Waals surface area contributed by atoms with Crippen LogP contribution in [-0.4, -0.2) is 84.8 Å². The number of benzene rings is 4. The molecule has 0 bridgehead atoms. The third-order valence-corrected chi connectivity index (χ3v) is 15.8. The molecular weight excluding hydrogens is 975 g/mol. The lowest BCUT2D eigenvalue weighted by molar-refractivity contribution is -0.121. The number of carbonyl (C=O) groups excluding carboxylic acids is 1. The molecule has 0 fully saturated rings. The fourth-order valence-electron chi connectivity index (χ4n) is 10.4. The van der Waals surface area contributed by atoms with Crippen molar-refractivity contribution in [3.8, 4) is 11.5 Å². The van der Waals surface area contributed by atoms with Crippen molar-refractivity contribution in [2.24, 2.45) is 0 Å². The Morgan fingerprint density at radius 2 is 1.48 bits per heavy atom. The van der Waals surface area contributed by atoms with Gasteiger partial charge in [-0.25, -0.2) is 9.59 Å². The zero-order chi connectivity index (χ0) is 52.8. The number of phenols is 1. The van der Waals surface area contributed by atoms with E-state index >= 15 is 0 Å². The fourth-order valence-corrected chi connectivity index (χ4v) is 11.4. The van der Waals surface area contributed by atoms with Crippen LogP contribution in [0.25, 0.3) is 5.57 Å². The first-order chi connectivity index (χ1) is 34.4. The number of carbonyl (C=O) groups is 3. The number of likely N-dealkylation sites (N-methyl/N-ethyl adjacent to an activating group) is 1. The average molecular weight is 1030 g/mol. The average Bonchev–Trinajstić information content (AvgIpc) is 3.68. The lowest BCUT2D eigenvalue weighted by Gasteiger charge is -2.31. The first-order valence-corrected chi connectivity index (χ1v) is 26.7. The van der Waals surface area contributed by atoms with Gasteiger partial charge in [0.1, 0.15) is 17.3 Å². The van der Waals surface area contributed by atoms with E-state index in [0.29, 0.717) is 66.8 Å². The second-order valence-corrected chi connectivity index (χ2v) is 22.3. The lowest BCUT2D eigenvalue weighted by atomic mass is 9.80. The maximum absolute atomic E-state index is 13.4. The van der Waals surface area contributed by atoms with E-state index in [9.17, 15) is 55.6 Å². The van der Waals surface area contributed by atoms with Crippen molar-refractivity contribution in [2.45, 2.75) is 93.4 Å². The minimum atomic E-state index is -4.48. The van der Waals surface area contributed by atoms with Gasteiger partial charge in [-0.2, -0.15) is 16.8 Å². The number of nitrogens with zero attached hydrogens (tertiary/aromatic N) is 2. The first-order valence-electron chi connectivity index (χ1n) is 23.8. The largest absolute Gasteiger partial charge is 0.508 e. The van der Waals surface area contributed by atoms with E-state index in [1.807, 2.05) is 65.0 Å². The van der Waals surface area contributed by atoms with E-state index in [1.165, 1.54) is 48.5 Å². The van der Waals surface area contributed by atoms with Crippen LogP contribution < -0.4 is 19.9 Å². The normalized spacial score (nSPS) is 18.3. The van der Waals surface area contributed by atoms with E-state index in [-0.39, 0.29) is 62.9 Å². The molecule has 3 heterocycles. The molecule has 0 saturated carbocycles. The van der Waals surface area contributed by atoms with Crippen LogP contribution in [0.5, 0.6) is 11.5 Å². The van der Waals surface area contributed by atoms with Gasteiger partial charge in [0.2, 0.25) is 5.91 Å². The van der Waals surface area contributed by atoms with Gasteiger partial charge in [-0.1, -0.05) is 76.6 Å². The number of unbranched alkanes of at least 4 members (excludes halogenated alkanes) is 2. The molecule has 1 aliphatic carbocycles. The quantitative estimate of drug-likeness (QED) is 0.0328. The molecule has 4 aliphatic rings. The van der Waals surface area contributed by atoms with Gasteiger partial charge in [0, 0.05) is 76.7 Å². The summed E-state index contributed by atoms with van der Waals surface area (Å²) in [5.74, 6) is -2.21. The Kier molecular flexibility index (Phi) is 14.3.